The lowest BCUT2D eigenvalue weighted by Crippen LogP contribution is -3.19. The molecule has 2 aliphatic rings. The smallest absolute Gasteiger partial charge is 0.324 e. The van der Waals surface area contributed by atoms with Crippen LogP contribution in [0, 0.1) is 6.92 Å². The predicted molar refractivity (Wildman–Crippen MR) is 93.7 cm³/mol. The first-order valence-electron chi connectivity index (χ1n) is 8.42. The van der Waals surface area contributed by atoms with Crippen molar-refractivity contribution in [2.45, 2.75) is 19.9 Å². The number of piperazine rings is 1. The van der Waals surface area contributed by atoms with Crippen molar-refractivity contribution in [1.82, 2.24) is 10.2 Å². The van der Waals surface area contributed by atoms with E-state index < -0.39 is 0 Å². The molecular formula is C17H24ClN4O2+. The van der Waals surface area contributed by atoms with E-state index in [4.69, 9.17) is 11.6 Å². The fraction of sp³-hybridized carbons (Fsp3) is 0.529. The van der Waals surface area contributed by atoms with Crippen molar-refractivity contribution in [2.24, 2.45) is 0 Å². The average molecular weight is 352 g/mol. The number of nitrogens with zero attached hydrogens (tertiary/aromatic N) is 2. The zero-order valence-electron chi connectivity index (χ0n) is 14.1. The van der Waals surface area contributed by atoms with Crippen molar-refractivity contribution in [2.75, 3.05) is 44.2 Å². The highest BCUT2D eigenvalue weighted by Crippen LogP contribution is 2.24. The van der Waals surface area contributed by atoms with Crippen molar-refractivity contribution in [1.29, 1.82) is 0 Å². The summed E-state index contributed by atoms with van der Waals surface area (Å²) in [5, 5.41) is 3.43. The van der Waals surface area contributed by atoms with Crippen molar-refractivity contribution >= 4 is 29.2 Å². The summed E-state index contributed by atoms with van der Waals surface area (Å²) in [6.45, 7) is 8.52. The van der Waals surface area contributed by atoms with Gasteiger partial charge in [-0.25, -0.2) is 4.79 Å². The lowest BCUT2D eigenvalue weighted by molar-refractivity contribution is -0.915. The molecule has 2 N–H and O–H groups in total. The highest BCUT2D eigenvalue weighted by Gasteiger charge is 2.36. The van der Waals surface area contributed by atoms with Crippen LogP contribution in [0.3, 0.4) is 0 Å². The molecule has 1 aromatic rings. The number of imide groups is 1. The van der Waals surface area contributed by atoms with Crippen LogP contribution in [0.5, 0.6) is 0 Å². The first kappa shape index (κ1) is 17.0. The lowest BCUT2D eigenvalue weighted by atomic mass is 10.1. The van der Waals surface area contributed by atoms with Gasteiger partial charge in [-0.1, -0.05) is 17.7 Å². The second-order valence-electron chi connectivity index (χ2n) is 6.52. The maximum Gasteiger partial charge on any atom is 0.324 e. The number of nitrogens with one attached hydrogen (secondary N) is 2. The highest BCUT2D eigenvalue weighted by atomic mass is 35.5. The summed E-state index contributed by atoms with van der Waals surface area (Å²) in [4.78, 5) is 29.1. The second kappa shape index (κ2) is 6.99. The third-order valence-corrected chi connectivity index (χ3v) is 5.26. The lowest BCUT2D eigenvalue weighted by Gasteiger charge is -2.37. The van der Waals surface area contributed by atoms with Crippen LogP contribution in [-0.4, -0.2) is 62.1 Å². The van der Waals surface area contributed by atoms with Gasteiger partial charge in [-0.15, -0.1) is 0 Å². The molecule has 2 aliphatic heterocycles. The topological polar surface area (TPSA) is 57.1 Å². The van der Waals surface area contributed by atoms with Gasteiger partial charge in [-0.3, -0.25) is 9.69 Å². The minimum absolute atomic E-state index is 0.0765. The van der Waals surface area contributed by atoms with Crippen LogP contribution >= 0.6 is 11.6 Å². The van der Waals surface area contributed by atoms with Gasteiger partial charge in [0.05, 0.1) is 26.2 Å². The van der Waals surface area contributed by atoms with Crippen molar-refractivity contribution in [3.63, 3.8) is 0 Å². The zero-order valence-corrected chi connectivity index (χ0v) is 14.9. The normalized spacial score (nSPS) is 20.2. The Balaban J connectivity index is 1.61. The van der Waals surface area contributed by atoms with Gasteiger partial charge in [-0.05, 0) is 31.5 Å². The van der Waals surface area contributed by atoms with Crippen LogP contribution in [0.25, 0.3) is 0 Å². The number of hydrogen-bond acceptors (Lipinski definition) is 3. The Bertz CT molecular complexity index is 643. The molecule has 130 valence electrons. The molecule has 3 amide bonds. The molecule has 0 aliphatic carbocycles. The third kappa shape index (κ3) is 3.35. The van der Waals surface area contributed by atoms with Gasteiger partial charge in [0, 0.05) is 23.8 Å². The van der Waals surface area contributed by atoms with Crippen LogP contribution < -0.4 is 15.1 Å². The van der Waals surface area contributed by atoms with Crippen LogP contribution in [-0.2, 0) is 4.79 Å². The molecule has 2 saturated heterocycles. The van der Waals surface area contributed by atoms with Crippen LogP contribution in [0.2, 0.25) is 5.02 Å². The van der Waals surface area contributed by atoms with E-state index in [1.807, 2.05) is 25.1 Å². The van der Waals surface area contributed by atoms with Crippen LogP contribution in [0.4, 0.5) is 10.5 Å². The van der Waals surface area contributed by atoms with E-state index in [1.54, 1.807) is 0 Å². The molecule has 7 heteroatoms. The summed E-state index contributed by atoms with van der Waals surface area (Å²) in [6, 6.07) is 5.49. The molecule has 6 nitrogen and oxygen atoms in total. The second-order valence-corrected chi connectivity index (χ2v) is 6.96. The van der Waals surface area contributed by atoms with E-state index in [0.717, 1.165) is 31.2 Å². The number of aryl methyl sites for hydroxylation is 1. The van der Waals surface area contributed by atoms with Crippen LogP contribution in [0.1, 0.15) is 12.5 Å². The Hall–Kier alpha value is -1.79. The van der Waals surface area contributed by atoms with E-state index in [-0.39, 0.29) is 18.0 Å². The maximum absolute atomic E-state index is 12.5. The third-order valence-electron chi connectivity index (χ3n) is 5.02. The van der Waals surface area contributed by atoms with Gasteiger partial charge < -0.3 is 15.1 Å². The SMILES string of the molecule is Cc1ccc(Cl)cc1N1CC[NH+]([C@@H](C)C(=O)N2CCNC2=O)CC1. The Kier molecular flexibility index (Phi) is 4.96. The fourth-order valence-corrected chi connectivity index (χ4v) is 3.65. The average Bonchev–Trinajstić information content (AvgIpc) is 3.02. The quantitative estimate of drug-likeness (QED) is 0.823. The largest absolute Gasteiger partial charge is 0.360 e. The predicted octanol–water partition coefficient (Wildman–Crippen LogP) is 0.294. The Morgan fingerprint density at radius 1 is 1.29 bits per heavy atom. The first-order valence-corrected chi connectivity index (χ1v) is 8.80. The molecule has 0 radical (unpaired) electrons. The van der Waals surface area contributed by atoms with Crippen molar-refractivity contribution in [3.05, 3.63) is 28.8 Å². The molecule has 2 fully saturated rings. The number of benzene rings is 1. The summed E-state index contributed by atoms with van der Waals surface area (Å²) in [5.41, 5.74) is 2.38. The standard InChI is InChI=1S/C17H23ClN4O2/c1-12-3-4-14(18)11-15(12)21-9-7-20(8-10-21)13(2)16(23)22-6-5-19-17(22)24/h3-4,11,13H,5-10H2,1-2H3,(H,19,24)/p+1/t13-/m0/s1. The number of carbonyl (C=O) groups excluding carboxylic acids is 2. The van der Waals surface area contributed by atoms with E-state index in [2.05, 4.69) is 17.1 Å². The number of anilines is 1. The molecule has 0 unspecified atom stereocenters. The number of urea groups is 1. The Morgan fingerprint density at radius 3 is 2.62 bits per heavy atom. The molecule has 0 aromatic heterocycles. The van der Waals surface area contributed by atoms with Gasteiger partial charge >= 0.3 is 6.03 Å². The number of quaternary nitrogens is 1. The minimum Gasteiger partial charge on any atom is -0.360 e. The zero-order chi connectivity index (χ0) is 17.3. The molecule has 1 aromatic carbocycles. The Labute approximate surface area is 147 Å². The van der Waals surface area contributed by atoms with Crippen molar-refractivity contribution in [3.8, 4) is 0 Å². The molecule has 3 rings (SSSR count). The minimum atomic E-state index is -0.264. The molecule has 2 heterocycles. The molecular weight excluding hydrogens is 328 g/mol. The van der Waals surface area contributed by atoms with E-state index >= 15 is 0 Å². The van der Waals surface area contributed by atoms with E-state index in [0.29, 0.717) is 13.1 Å². The molecule has 1 atom stereocenters. The molecule has 0 spiro atoms. The number of amides is 3. The van der Waals surface area contributed by atoms with Gasteiger partial charge in [-0.2, -0.15) is 0 Å². The molecule has 24 heavy (non-hydrogen) atoms. The van der Waals surface area contributed by atoms with Gasteiger partial charge in [0.2, 0.25) is 0 Å². The fourth-order valence-electron chi connectivity index (χ4n) is 3.48. The van der Waals surface area contributed by atoms with E-state index in [1.165, 1.54) is 21.1 Å². The van der Waals surface area contributed by atoms with Gasteiger partial charge in [0.15, 0.2) is 6.04 Å². The number of rotatable bonds is 3. The summed E-state index contributed by atoms with van der Waals surface area (Å²) < 4.78 is 0. The van der Waals surface area contributed by atoms with Crippen LogP contribution in [0.15, 0.2) is 18.2 Å². The van der Waals surface area contributed by atoms with Gasteiger partial charge in [0.1, 0.15) is 0 Å². The number of carbonyl (C=O) groups is 2. The monoisotopic (exact) mass is 351 g/mol. The van der Waals surface area contributed by atoms with Crippen molar-refractivity contribution < 1.29 is 14.5 Å². The summed E-state index contributed by atoms with van der Waals surface area (Å²) in [7, 11) is 0. The first-order chi connectivity index (χ1) is 11.5. The van der Waals surface area contributed by atoms with E-state index in [9.17, 15) is 9.59 Å². The molecule has 0 saturated carbocycles. The highest BCUT2D eigenvalue weighted by molar-refractivity contribution is 6.30. The van der Waals surface area contributed by atoms with Gasteiger partial charge in [0.25, 0.3) is 5.91 Å². The Morgan fingerprint density at radius 2 is 2.00 bits per heavy atom. The summed E-state index contributed by atoms with van der Waals surface area (Å²) in [5.74, 6) is -0.0765. The molecule has 0 bridgehead atoms. The number of hydrogen-bond donors (Lipinski definition) is 2. The number of halogens is 1. The maximum atomic E-state index is 12.5. The summed E-state index contributed by atoms with van der Waals surface area (Å²) in [6.07, 6.45) is 0. The summed E-state index contributed by atoms with van der Waals surface area (Å²) >= 11 is 6.12.